The van der Waals surface area contributed by atoms with Crippen LogP contribution < -0.4 is 19.6 Å². The van der Waals surface area contributed by atoms with Crippen LogP contribution in [-0.4, -0.2) is 0 Å². The van der Waals surface area contributed by atoms with Crippen molar-refractivity contribution in [1.29, 1.82) is 0 Å². The summed E-state index contributed by atoms with van der Waals surface area (Å²) in [6, 6.07) is 105. The molecular weight excluding hydrogens is 1020 g/mol. The molecule has 412 valence electrons. The maximum absolute atomic E-state index is 2.32. The van der Waals surface area contributed by atoms with Gasteiger partial charge >= 0.3 is 0 Å². The van der Waals surface area contributed by atoms with Crippen LogP contribution in [0, 0.1) is 55.4 Å². The highest BCUT2D eigenvalue weighted by atomic mass is 15.2. The molecule has 12 aromatic carbocycles. The van der Waals surface area contributed by atoms with E-state index >= 15 is 0 Å². The van der Waals surface area contributed by atoms with Gasteiger partial charge in [-0.1, -0.05) is 179 Å². The van der Waals surface area contributed by atoms with Crippen LogP contribution in [0.15, 0.2) is 291 Å². The smallest absolute Gasteiger partial charge is 0.0464 e. The Kier molecular flexibility index (Phi) is 16.8. The highest BCUT2D eigenvalue weighted by Gasteiger charge is 2.18. The van der Waals surface area contributed by atoms with Gasteiger partial charge in [0, 0.05) is 68.2 Å². The minimum Gasteiger partial charge on any atom is -0.311 e. The largest absolute Gasteiger partial charge is 0.311 e. The van der Waals surface area contributed by atoms with Gasteiger partial charge in [-0.15, -0.1) is 0 Å². The summed E-state index contributed by atoms with van der Waals surface area (Å²) in [4.78, 5) is 9.26. The van der Waals surface area contributed by atoms with Gasteiger partial charge in [-0.3, -0.25) is 0 Å². The Hall–Kier alpha value is -10.2. The second kappa shape index (κ2) is 25.3. The van der Waals surface area contributed by atoms with Crippen molar-refractivity contribution in [2.24, 2.45) is 0 Å². The van der Waals surface area contributed by atoms with E-state index in [1.165, 1.54) is 66.8 Å². The Morgan fingerprint density at radius 3 is 0.464 bits per heavy atom. The lowest BCUT2D eigenvalue weighted by Gasteiger charge is -2.26. The van der Waals surface area contributed by atoms with E-state index in [4.69, 9.17) is 0 Å². The zero-order chi connectivity index (χ0) is 58.1. The van der Waals surface area contributed by atoms with Gasteiger partial charge in [-0.2, -0.15) is 0 Å². The fraction of sp³-hybridized carbons (Fsp3) is 0.100. The standard InChI is InChI=1S/2C40H36N2/c1-29-5-17-35(18-6-29)41(36-19-7-30(2)8-20-36)39-25-13-33(14-26-39)34-15-27-40(28-16-34)42(37-21-9-31(3)10-22-37)38-23-11-32(4)12-24-38;1-29-11-19-35(20-12-29)41(39-9-5-7-31(3)27-39)37-23-15-33(16-24-37)34-17-25-38(26-18-34)42(36-21-13-30(2)14-22-36)40-10-6-8-32(4)28-40/h2*5-28H,1-4H3. The van der Waals surface area contributed by atoms with E-state index in [-0.39, 0.29) is 0 Å². The van der Waals surface area contributed by atoms with E-state index in [1.807, 2.05) is 0 Å². The van der Waals surface area contributed by atoms with Gasteiger partial charge in [0.25, 0.3) is 0 Å². The van der Waals surface area contributed by atoms with E-state index in [9.17, 15) is 0 Å². The molecule has 0 fully saturated rings. The van der Waals surface area contributed by atoms with Gasteiger partial charge < -0.3 is 19.6 Å². The summed E-state index contributed by atoms with van der Waals surface area (Å²) in [5, 5.41) is 0. The number of hydrogen-bond acceptors (Lipinski definition) is 4. The molecule has 84 heavy (non-hydrogen) atoms. The van der Waals surface area contributed by atoms with Crippen molar-refractivity contribution in [2.75, 3.05) is 19.6 Å². The fourth-order valence-corrected chi connectivity index (χ4v) is 10.7. The van der Waals surface area contributed by atoms with Crippen LogP contribution in [0.25, 0.3) is 22.3 Å². The van der Waals surface area contributed by atoms with Crippen molar-refractivity contribution in [3.8, 4) is 22.3 Å². The molecule has 12 aromatic rings. The van der Waals surface area contributed by atoms with Crippen LogP contribution >= 0.6 is 0 Å². The number of hydrogen-bond donors (Lipinski definition) is 0. The van der Waals surface area contributed by atoms with Crippen molar-refractivity contribution in [1.82, 2.24) is 0 Å². The molecule has 0 atom stereocenters. The van der Waals surface area contributed by atoms with E-state index in [1.54, 1.807) is 0 Å². The highest BCUT2D eigenvalue weighted by molar-refractivity contribution is 5.83. The lowest BCUT2D eigenvalue weighted by molar-refractivity contribution is 1.26. The maximum atomic E-state index is 2.32. The topological polar surface area (TPSA) is 13.0 Å². The first kappa shape index (κ1) is 55.7. The molecule has 4 nitrogen and oxygen atoms in total. The number of rotatable bonds is 14. The lowest BCUT2D eigenvalue weighted by Crippen LogP contribution is -2.10. The van der Waals surface area contributed by atoms with Gasteiger partial charge in [0.1, 0.15) is 0 Å². The minimum absolute atomic E-state index is 1.13. The molecule has 0 spiro atoms. The van der Waals surface area contributed by atoms with E-state index in [0.29, 0.717) is 0 Å². The average Bonchev–Trinajstić information content (AvgIpc) is 3.68. The summed E-state index contributed by atoms with van der Waals surface area (Å²) in [7, 11) is 0. The number of anilines is 12. The Labute approximate surface area is 498 Å². The monoisotopic (exact) mass is 1090 g/mol. The van der Waals surface area contributed by atoms with Crippen molar-refractivity contribution >= 4 is 68.2 Å². The first-order valence-corrected chi connectivity index (χ1v) is 29.0. The van der Waals surface area contributed by atoms with Crippen molar-refractivity contribution in [2.45, 2.75) is 55.4 Å². The third-order valence-electron chi connectivity index (χ3n) is 15.4. The molecule has 0 unspecified atom stereocenters. The van der Waals surface area contributed by atoms with Crippen molar-refractivity contribution < 1.29 is 0 Å². The lowest BCUT2D eigenvalue weighted by atomic mass is 10.0. The first-order valence-electron chi connectivity index (χ1n) is 29.0. The van der Waals surface area contributed by atoms with E-state index in [0.717, 1.165) is 68.2 Å². The molecule has 0 aromatic heterocycles. The molecule has 0 amide bonds. The molecule has 0 aliphatic rings. The number of aryl methyl sites for hydroxylation is 8. The molecule has 0 bridgehead atoms. The van der Waals surface area contributed by atoms with Gasteiger partial charge in [-0.05, 0) is 234 Å². The third-order valence-corrected chi connectivity index (χ3v) is 15.4. The molecule has 0 aliphatic carbocycles. The molecule has 0 aliphatic heterocycles. The number of nitrogens with zero attached hydrogens (tertiary/aromatic N) is 4. The van der Waals surface area contributed by atoms with Gasteiger partial charge in [0.05, 0.1) is 0 Å². The molecule has 0 heterocycles. The normalized spacial score (nSPS) is 10.9. The summed E-state index contributed by atoms with van der Waals surface area (Å²) in [5.41, 5.74) is 28.5. The van der Waals surface area contributed by atoms with Crippen LogP contribution in [0.5, 0.6) is 0 Å². The molecule has 0 radical (unpaired) electrons. The number of benzene rings is 12. The quantitative estimate of drug-likeness (QED) is 0.108. The van der Waals surface area contributed by atoms with Crippen LogP contribution in [-0.2, 0) is 0 Å². The molecular formula is C80H72N4. The molecule has 12 rings (SSSR count). The fourth-order valence-electron chi connectivity index (χ4n) is 10.7. The van der Waals surface area contributed by atoms with Crippen LogP contribution in [0.3, 0.4) is 0 Å². The molecule has 0 N–H and O–H groups in total. The molecule has 4 heteroatoms. The first-order chi connectivity index (χ1) is 40.9. The third kappa shape index (κ3) is 13.1. The molecule has 0 saturated carbocycles. The Morgan fingerprint density at radius 2 is 0.298 bits per heavy atom. The summed E-state index contributed by atoms with van der Waals surface area (Å²) in [6.07, 6.45) is 0. The zero-order valence-corrected chi connectivity index (χ0v) is 49.5. The zero-order valence-electron chi connectivity index (χ0n) is 49.5. The second-order valence-corrected chi connectivity index (χ2v) is 22.2. The van der Waals surface area contributed by atoms with E-state index < -0.39 is 0 Å². The predicted octanol–water partition coefficient (Wildman–Crippen LogP) is 23.1. The Bertz CT molecular complexity index is 3710. The van der Waals surface area contributed by atoms with Gasteiger partial charge in [-0.25, -0.2) is 0 Å². The average molecular weight is 1090 g/mol. The summed E-state index contributed by atoms with van der Waals surface area (Å²) in [5.74, 6) is 0. The van der Waals surface area contributed by atoms with Crippen LogP contribution in [0.1, 0.15) is 44.5 Å². The predicted molar refractivity (Wildman–Crippen MR) is 360 cm³/mol. The maximum Gasteiger partial charge on any atom is 0.0464 e. The second-order valence-electron chi connectivity index (χ2n) is 22.2. The summed E-state index contributed by atoms with van der Waals surface area (Å²) >= 11 is 0. The van der Waals surface area contributed by atoms with Gasteiger partial charge in [0.15, 0.2) is 0 Å². The SMILES string of the molecule is Cc1ccc(N(c2ccc(-c3ccc(N(c4ccc(C)cc4)c4cccc(C)c4)cc3)cc2)c2cccc(C)c2)cc1.Cc1ccc(N(c2ccc(C)cc2)c2ccc(-c3ccc(N(c4ccc(C)cc4)c4ccc(C)cc4)cc3)cc2)cc1. The van der Waals surface area contributed by atoms with Crippen LogP contribution in [0.2, 0.25) is 0 Å². The van der Waals surface area contributed by atoms with Crippen LogP contribution in [0.4, 0.5) is 68.2 Å². The van der Waals surface area contributed by atoms with Crippen molar-refractivity contribution in [3.05, 3.63) is 336 Å². The summed E-state index contributed by atoms with van der Waals surface area (Å²) in [6.45, 7) is 17.0. The summed E-state index contributed by atoms with van der Waals surface area (Å²) < 4.78 is 0. The van der Waals surface area contributed by atoms with Gasteiger partial charge in [0.2, 0.25) is 0 Å². The van der Waals surface area contributed by atoms with E-state index in [2.05, 4.69) is 366 Å². The van der Waals surface area contributed by atoms with Crippen molar-refractivity contribution in [3.63, 3.8) is 0 Å². The highest BCUT2D eigenvalue weighted by Crippen LogP contribution is 2.41. The minimum atomic E-state index is 1.13. The Balaban J connectivity index is 0.000000175. The Morgan fingerprint density at radius 1 is 0.143 bits per heavy atom. The molecule has 0 saturated heterocycles.